The second-order valence-corrected chi connectivity index (χ2v) is 8.66. The maximum Gasteiger partial charge on any atom is 0.290 e. The summed E-state index contributed by atoms with van der Waals surface area (Å²) in [5.41, 5.74) is 2.24. The van der Waals surface area contributed by atoms with Crippen LogP contribution in [0, 0.1) is 10.1 Å². The summed E-state index contributed by atoms with van der Waals surface area (Å²) in [6.45, 7) is 0.352. The van der Waals surface area contributed by atoms with Gasteiger partial charge in [-0.1, -0.05) is 17.7 Å². The Labute approximate surface area is 165 Å². The molecule has 0 fully saturated rings. The first-order valence-electron chi connectivity index (χ1n) is 8.43. The van der Waals surface area contributed by atoms with Crippen molar-refractivity contribution >= 4 is 43.9 Å². The highest BCUT2D eigenvalue weighted by atomic mass is 35.5. The summed E-state index contributed by atoms with van der Waals surface area (Å²) in [4.78, 5) is 17.6. The van der Waals surface area contributed by atoms with Crippen molar-refractivity contribution < 1.29 is 13.3 Å². The lowest BCUT2D eigenvalue weighted by molar-refractivity contribution is -0.387. The van der Waals surface area contributed by atoms with Crippen molar-refractivity contribution in [2.45, 2.75) is 11.3 Å². The van der Waals surface area contributed by atoms with Crippen LogP contribution in [0.3, 0.4) is 0 Å². The van der Waals surface area contributed by atoms with Crippen LogP contribution >= 0.6 is 11.6 Å². The summed E-state index contributed by atoms with van der Waals surface area (Å²) < 4.78 is 27.2. The average molecular weight is 419 g/mol. The molecule has 0 radical (unpaired) electrons. The van der Waals surface area contributed by atoms with E-state index in [0.29, 0.717) is 6.42 Å². The van der Waals surface area contributed by atoms with Crippen LogP contribution in [0.15, 0.2) is 53.7 Å². The molecular weight excluding hydrogens is 404 g/mol. The standard InChI is InChI=1S/C18H15ClN4O4S/c19-13-3-4-17(16(10-13)23(24)25)28(26,27)22-8-5-12(6-9-22)15-11-21-18-14(15)2-1-7-20-18/h1-5,7,10-11H,6,8-9H2,(H,20,21). The first-order chi connectivity index (χ1) is 13.4. The van der Waals surface area contributed by atoms with Gasteiger partial charge in [-0.05, 0) is 36.3 Å². The molecule has 1 aliphatic heterocycles. The number of hydrogen-bond donors (Lipinski definition) is 1. The number of fused-ring (bicyclic) bond motifs is 1. The van der Waals surface area contributed by atoms with Gasteiger partial charge in [-0.25, -0.2) is 13.4 Å². The van der Waals surface area contributed by atoms with Crippen LogP contribution in [0.2, 0.25) is 5.02 Å². The molecule has 1 aromatic carbocycles. The van der Waals surface area contributed by atoms with Gasteiger partial charge < -0.3 is 4.98 Å². The third kappa shape index (κ3) is 3.17. The molecule has 3 heterocycles. The number of aromatic nitrogens is 2. The number of rotatable bonds is 4. The maximum absolute atomic E-state index is 13.0. The number of benzene rings is 1. The molecule has 144 valence electrons. The van der Waals surface area contributed by atoms with E-state index >= 15 is 0 Å². The van der Waals surface area contributed by atoms with Crippen molar-refractivity contribution in [3.63, 3.8) is 0 Å². The number of nitro groups is 1. The van der Waals surface area contributed by atoms with E-state index in [4.69, 9.17) is 11.6 Å². The Balaban J connectivity index is 1.65. The number of nitro benzene ring substituents is 1. The molecule has 0 spiro atoms. The third-order valence-corrected chi connectivity index (χ3v) is 6.85. The first-order valence-corrected chi connectivity index (χ1v) is 10.3. The number of sulfonamides is 1. The van der Waals surface area contributed by atoms with Gasteiger partial charge in [-0.3, -0.25) is 10.1 Å². The SMILES string of the molecule is O=[N+]([O-])c1cc(Cl)ccc1S(=O)(=O)N1CC=C(c2c[nH]c3ncccc23)CC1. The van der Waals surface area contributed by atoms with Gasteiger partial charge in [0, 0.05) is 47.5 Å². The van der Waals surface area contributed by atoms with Gasteiger partial charge in [0.15, 0.2) is 4.90 Å². The average Bonchev–Trinajstić information content (AvgIpc) is 3.12. The van der Waals surface area contributed by atoms with E-state index in [1.807, 2.05) is 24.4 Å². The summed E-state index contributed by atoms with van der Waals surface area (Å²) in [6, 6.07) is 7.37. The van der Waals surface area contributed by atoms with Crippen molar-refractivity contribution in [3.8, 4) is 0 Å². The fraction of sp³-hybridized carbons (Fsp3) is 0.167. The molecule has 0 unspecified atom stereocenters. The van der Waals surface area contributed by atoms with Gasteiger partial charge in [-0.2, -0.15) is 4.31 Å². The predicted octanol–water partition coefficient (Wildman–Crippen LogP) is 3.60. The zero-order valence-electron chi connectivity index (χ0n) is 14.5. The quantitative estimate of drug-likeness (QED) is 0.514. The summed E-state index contributed by atoms with van der Waals surface area (Å²) in [5.74, 6) is 0. The predicted molar refractivity (Wildman–Crippen MR) is 106 cm³/mol. The number of aromatic amines is 1. The molecule has 8 nitrogen and oxygen atoms in total. The fourth-order valence-corrected chi connectivity index (χ4v) is 5.01. The number of halogens is 1. The molecule has 0 atom stereocenters. The van der Waals surface area contributed by atoms with E-state index in [9.17, 15) is 18.5 Å². The van der Waals surface area contributed by atoms with Crippen molar-refractivity contribution in [1.29, 1.82) is 0 Å². The minimum absolute atomic E-state index is 0.111. The van der Waals surface area contributed by atoms with Crippen LogP contribution in [-0.4, -0.2) is 40.7 Å². The molecule has 0 saturated carbocycles. The van der Waals surface area contributed by atoms with Crippen LogP contribution in [0.4, 0.5) is 5.69 Å². The van der Waals surface area contributed by atoms with Gasteiger partial charge in [-0.15, -0.1) is 0 Å². The van der Waals surface area contributed by atoms with Crippen LogP contribution in [0.1, 0.15) is 12.0 Å². The number of pyridine rings is 1. The van der Waals surface area contributed by atoms with Crippen LogP contribution in [-0.2, 0) is 10.0 Å². The van der Waals surface area contributed by atoms with E-state index in [1.165, 1.54) is 16.4 Å². The van der Waals surface area contributed by atoms with E-state index in [0.717, 1.165) is 28.2 Å². The van der Waals surface area contributed by atoms with E-state index in [2.05, 4.69) is 9.97 Å². The second-order valence-electron chi connectivity index (χ2n) is 6.31. The van der Waals surface area contributed by atoms with Gasteiger partial charge >= 0.3 is 0 Å². The summed E-state index contributed by atoms with van der Waals surface area (Å²) in [7, 11) is -4.02. The highest BCUT2D eigenvalue weighted by Crippen LogP contribution is 2.33. The van der Waals surface area contributed by atoms with Crippen molar-refractivity contribution in [1.82, 2.24) is 14.3 Å². The Morgan fingerprint density at radius 1 is 1.29 bits per heavy atom. The molecule has 0 saturated heterocycles. The lowest BCUT2D eigenvalue weighted by atomic mass is 10.0. The Morgan fingerprint density at radius 3 is 2.82 bits per heavy atom. The van der Waals surface area contributed by atoms with E-state index < -0.39 is 20.6 Å². The number of nitrogens with zero attached hydrogens (tertiary/aromatic N) is 3. The Hall–Kier alpha value is -2.75. The van der Waals surface area contributed by atoms with Gasteiger partial charge in [0.05, 0.1) is 4.92 Å². The molecule has 10 heteroatoms. The van der Waals surface area contributed by atoms with Crippen LogP contribution < -0.4 is 0 Å². The van der Waals surface area contributed by atoms with Crippen molar-refractivity contribution in [2.24, 2.45) is 0 Å². The zero-order chi connectivity index (χ0) is 19.9. The third-order valence-electron chi connectivity index (χ3n) is 4.70. The lowest BCUT2D eigenvalue weighted by Gasteiger charge is -2.25. The van der Waals surface area contributed by atoms with Gasteiger partial charge in [0.2, 0.25) is 10.0 Å². The molecule has 3 aromatic rings. The molecule has 1 aliphatic rings. The highest BCUT2D eigenvalue weighted by molar-refractivity contribution is 7.89. The minimum Gasteiger partial charge on any atom is -0.346 e. The molecule has 0 amide bonds. The van der Waals surface area contributed by atoms with Crippen molar-refractivity contribution in [2.75, 3.05) is 13.1 Å². The summed E-state index contributed by atoms with van der Waals surface area (Å²) >= 11 is 5.79. The molecular formula is C18H15ClN4O4S. The van der Waals surface area contributed by atoms with E-state index in [-0.39, 0.29) is 23.0 Å². The Bertz CT molecular complexity index is 1220. The molecule has 0 bridgehead atoms. The molecule has 1 N–H and O–H groups in total. The Morgan fingerprint density at radius 2 is 2.11 bits per heavy atom. The highest BCUT2D eigenvalue weighted by Gasteiger charge is 2.33. The molecule has 4 rings (SSSR count). The number of hydrogen-bond acceptors (Lipinski definition) is 5. The van der Waals surface area contributed by atoms with Crippen LogP contribution in [0.25, 0.3) is 16.6 Å². The molecule has 0 aliphatic carbocycles. The minimum atomic E-state index is -4.02. The number of nitrogens with one attached hydrogen (secondary N) is 1. The van der Waals surface area contributed by atoms with Gasteiger partial charge in [0.1, 0.15) is 5.65 Å². The monoisotopic (exact) mass is 418 g/mol. The number of H-pyrrole nitrogens is 1. The topological polar surface area (TPSA) is 109 Å². The first kappa shape index (κ1) is 18.6. The second kappa shape index (κ2) is 7.01. The Kier molecular flexibility index (Phi) is 4.66. The van der Waals surface area contributed by atoms with Gasteiger partial charge in [0.25, 0.3) is 5.69 Å². The summed E-state index contributed by atoms with van der Waals surface area (Å²) in [5, 5.41) is 12.4. The fourth-order valence-electron chi connectivity index (χ4n) is 3.33. The largest absolute Gasteiger partial charge is 0.346 e. The zero-order valence-corrected chi connectivity index (χ0v) is 16.1. The smallest absolute Gasteiger partial charge is 0.290 e. The maximum atomic E-state index is 13.0. The molecule has 2 aromatic heterocycles. The summed E-state index contributed by atoms with van der Waals surface area (Å²) in [6.07, 6.45) is 5.88. The lowest BCUT2D eigenvalue weighted by Crippen LogP contribution is -2.35. The van der Waals surface area contributed by atoms with Crippen molar-refractivity contribution in [3.05, 3.63) is 69.5 Å². The normalized spacial score (nSPS) is 15.5. The van der Waals surface area contributed by atoms with Crippen LogP contribution in [0.5, 0.6) is 0 Å². The van der Waals surface area contributed by atoms with E-state index in [1.54, 1.807) is 6.20 Å². The molecule has 28 heavy (non-hydrogen) atoms.